The first-order chi connectivity index (χ1) is 5.68. The molecule has 2 N–H and O–H groups in total. The Bertz CT molecular complexity index is 96.5. The minimum atomic E-state index is 0.257. The molecular formula is C9H21NO2. The summed E-state index contributed by atoms with van der Waals surface area (Å²) < 4.78 is 10.1. The molecule has 0 rings (SSSR count). The van der Waals surface area contributed by atoms with Crippen molar-refractivity contribution in [1.82, 2.24) is 0 Å². The standard InChI is InChI=1S/C9H21NO2/c1-8(2)9(10)4-5-12-7-6-11-3/h8-9H,4-7,10H2,1-3H3. The SMILES string of the molecule is COCCOCCC(N)C(C)C. The van der Waals surface area contributed by atoms with Gasteiger partial charge in [0, 0.05) is 19.8 Å². The highest BCUT2D eigenvalue weighted by Crippen LogP contribution is 2.02. The lowest BCUT2D eigenvalue weighted by atomic mass is 10.0. The van der Waals surface area contributed by atoms with Crippen LogP contribution in [-0.4, -0.2) is 33.0 Å². The maximum Gasteiger partial charge on any atom is 0.0700 e. The van der Waals surface area contributed by atoms with Gasteiger partial charge in [0.05, 0.1) is 13.2 Å². The summed E-state index contributed by atoms with van der Waals surface area (Å²) in [6.45, 7) is 6.32. The predicted octanol–water partition coefficient (Wildman–Crippen LogP) is 1.02. The summed E-state index contributed by atoms with van der Waals surface area (Å²) >= 11 is 0. The van der Waals surface area contributed by atoms with E-state index in [0.29, 0.717) is 19.1 Å². The Balaban J connectivity index is 3.08. The average molecular weight is 175 g/mol. The number of nitrogens with two attached hydrogens (primary N) is 1. The number of hydrogen-bond donors (Lipinski definition) is 1. The molecule has 0 radical (unpaired) electrons. The van der Waals surface area contributed by atoms with Crippen molar-refractivity contribution in [2.45, 2.75) is 26.3 Å². The van der Waals surface area contributed by atoms with Crippen LogP contribution in [0, 0.1) is 5.92 Å². The number of methoxy groups -OCH3 is 1. The third-order valence-electron chi connectivity index (χ3n) is 1.88. The molecule has 0 bridgehead atoms. The molecule has 0 saturated carbocycles. The molecule has 0 fully saturated rings. The van der Waals surface area contributed by atoms with Crippen LogP contribution in [-0.2, 0) is 9.47 Å². The van der Waals surface area contributed by atoms with E-state index in [1.165, 1.54) is 0 Å². The van der Waals surface area contributed by atoms with E-state index in [4.69, 9.17) is 15.2 Å². The Morgan fingerprint density at radius 3 is 2.33 bits per heavy atom. The van der Waals surface area contributed by atoms with E-state index in [9.17, 15) is 0 Å². The molecule has 1 atom stereocenters. The van der Waals surface area contributed by atoms with Gasteiger partial charge in [-0.1, -0.05) is 13.8 Å². The fraction of sp³-hybridized carbons (Fsp3) is 1.00. The van der Waals surface area contributed by atoms with Crippen molar-refractivity contribution >= 4 is 0 Å². The lowest BCUT2D eigenvalue weighted by Crippen LogP contribution is -2.28. The summed E-state index contributed by atoms with van der Waals surface area (Å²) in [6, 6.07) is 0.257. The molecule has 3 nitrogen and oxygen atoms in total. The second-order valence-corrected chi connectivity index (χ2v) is 3.30. The zero-order valence-electron chi connectivity index (χ0n) is 8.38. The van der Waals surface area contributed by atoms with Crippen molar-refractivity contribution < 1.29 is 9.47 Å². The van der Waals surface area contributed by atoms with E-state index in [1.807, 2.05) is 0 Å². The van der Waals surface area contributed by atoms with Crippen LogP contribution in [0.2, 0.25) is 0 Å². The molecular weight excluding hydrogens is 154 g/mol. The number of rotatable bonds is 7. The molecule has 12 heavy (non-hydrogen) atoms. The minimum Gasteiger partial charge on any atom is -0.382 e. The van der Waals surface area contributed by atoms with E-state index < -0.39 is 0 Å². The van der Waals surface area contributed by atoms with Gasteiger partial charge >= 0.3 is 0 Å². The Morgan fingerprint density at radius 1 is 1.17 bits per heavy atom. The molecule has 0 aliphatic heterocycles. The fourth-order valence-corrected chi connectivity index (χ4v) is 0.797. The maximum absolute atomic E-state index is 5.82. The average Bonchev–Trinajstić information content (AvgIpc) is 2.03. The molecule has 0 aliphatic carbocycles. The van der Waals surface area contributed by atoms with Crippen molar-refractivity contribution in [3.05, 3.63) is 0 Å². The van der Waals surface area contributed by atoms with Gasteiger partial charge in [-0.15, -0.1) is 0 Å². The van der Waals surface area contributed by atoms with Gasteiger partial charge in [0.1, 0.15) is 0 Å². The highest BCUT2D eigenvalue weighted by Gasteiger charge is 2.06. The second kappa shape index (κ2) is 7.53. The monoisotopic (exact) mass is 175 g/mol. The molecule has 1 unspecified atom stereocenters. The fourth-order valence-electron chi connectivity index (χ4n) is 0.797. The second-order valence-electron chi connectivity index (χ2n) is 3.30. The maximum atomic E-state index is 5.82. The summed E-state index contributed by atoms with van der Waals surface area (Å²) in [4.78, 5) is 0. The van der Waals surface area contributed by atoms with E-state index in [-0.39, 0.29) is 6.04 Å². The number of hydrogen-bond acceptors (Lipinski definition) is 3. The van der Waals surface area contributed by atoms with Crippen LogP contribution in [0.3, 0.4) is 0 Å². The molecule has 74 valence electrons. The molecule has 3 heteroatoms. The van der Waals surface area contributed by atoms with Crippen molar-refractivity contribution in [3.8, 4) is 0 Å². The van der Waals surface area contributed by atoms with Crippen molar-refractivity contribution in [1.29, 1.82) is 0 Å². The summed E-state index contributed by atoms with van der Waals surface area (Å²) in [6.07, 6.45) is 0.932. The van der Waals surface area contributed by atoms with Gasteiger partial charge < -0.3 is 15.2 Å². The Hall–Kier alpha value is -0.120. The van der Waals surface area contributed by atoms with Gasteiger partial charge in [-0.2, -0.15) is 0 Å². The molecule has 0 aromatic rings. The summed E-state index contributed by atoms with van der Waals surface area (Å²) in [5.74, 6) is 0.538. The third kappa shape index (κ3) is 6.58. The van der Waals surface area contributed by atoms with Crippen LogP contribution in [0.25, 0.3) is 0 Å². The van der Waals surface area contributed by atoms with Crippen LogP contribution in [0.5, 0.6) is 0 Å². The molecule has 0 amide bonds. The van der Waals surface area contributed by atoms with Crippen LogP contribution < -0.4 is 5.73 Å². The van der Waals surface area contributed by atoms with E-state index >= 15 is 0 Å². The Labute approximate surface area is 75.2 Å². The first kappa shape index (κ1) is 11.9. The van der Waals surface area contributed by atoms with Crippen molar-refractivity contribution in [2.24, 2.45) is 11.7 Å². The normalized spacial score (nSPS) is 13.8. The first-order valence-corrected chi connectivity index (χ1v) is 4.50. The van der Waals surface area contributed by atoms with Crippen LogP contribution in [0.1, 0.15) is 20.3 Å². The van der Waals surface area contributed by atoms with Crippen LogP contribution >= 0.6 is 0 Å². The Kier molecular flexibility index (Phi) is 7.45. The van der Waals surface area contributed by atoms with Gasteiger partial charge in [-0.25, -0.2) is 0 Å². The Morgan fingerprint density at radius 2 is 1.83 bits per heavy atom. The quantitative estimate of drug-likeness (QED) is 0.588. The third-order valence-corrected chi connectivity index (χ3v) is 1.88. The van der Waals surface area contributed by atoms with Crippen molar-refractivity contribution in [2.75, 3.05) is 26.9 Å². The molecule has 0 aliphatic rings. The van der Waals surface area contributed by atoms with Crippen LogP contribution in [0.4, 0.5) is 0 Å². The van der Waals surface area contributed by atoms with E-state index in [0.717, 1.165) is 13.0 Å². The number of ether oxygens (including phenoxy) is 2. The van der Waals surface area contributed by atoms with Gasteiger partial charge in [-0.05, 0) is 12.3 Å². The lowest BCUT2D eigenvalue weighted by Gasteiger charge is -2.14. The highest BCUT2D eigenvalue weighted by atomic mass is 16.5. The zero-order chi connectivity index (χ0) is 9.40. The summed E-state index contributed by atoms with van der Waals surface area (Å²) in [5.41, 5.74) is 5.82. The lowest BCUT2D eigenvalue weighted by molar-refractivity contribution is 0.0656. The minimum absolute atomic E-state index is 0.257. The summed E-state index contributed by atoms with van der Waals surface area (Å²) in [7, 11) is 1.67. The smallest absolute Gasteiger partial charge is 0.0700 e. The van der Waals surface area contributed by atoms with Crippen molar-refractivity contribution in [3.63, 3.8) is 0 Å². The first-order valence-electron chi connectivity index (χ1n) is 4.50. The van der Waals surface area contributed by atoms with Crippen LogP contribution in [0.15, 0.2) is 0 Å². The molecule has 0 aromatic heterocycles. The predicted molar refractivity (Wildman–Crippen MR) is 50.1 cm³/mol. The summed E-state index contributed by atoms with van der Waals surface area (Å²) in [5, 5.41) is 0. The van der Waals surface area contributed by atoms with Gasteiger partial charge in [0.15, 0.2) is 0 Å². The highest BCUT2D eigenvalue weighted by molar-refractivity contribution is 4.63. The largest absolute Gasteiger partial charge is 0.382 e. The molecule has 0 aromatic carbocycles. The van der Waals surface area contributed by atoms with E-state index in [2.05, 4.69) is 13.8 Å². The molecule has 0 spiro atoms. The van der Waals surface area contributed by atoms with Gasteiger partial charge in [0.2, 0.25) is 0 Å². The van der Waals surface area contributed by atoms with Gasteiger partial charge in [-0.3, -0.25) is 0 Å². The topological polar surface area (TPSA) is 44.5 Å². The van der Waals surface area contributed by atoms with E-state index in [1.54, 1.807) is 7.11 Å². The zero-order valence-corrected chi connectivity index (χ0v) is 8.38. The molecule has 0 heterocycles. The van der Waals surface area contributed by atoms with Gasteiger partial charge in [0.25, 0.3) is 0 Å². The molecule has 0 saturated heterocycles.